The molecule has 0 amide bonds. The third-order valence-electron chi connectivity index (χ3n) is 14.4. The second kappa shape index (κ2) is 15.1. The summed E-state index contributed by atoms with van der Waals surface area (Å²) in [5, 5.41) is 5.27. The molecule has 2 heteroatoms. The van der Waals surface area contributed by atoms with E-state index < -0.39 is 0 Å². The summed E-state index contributed by atoms with van der Waals surface area (Å²) in [4.78, 5) is 0. The molecule has 2 aromatic heterocycles. The van der Waals surface area contributed by atoms with Crippen molar-refractivity contribution in [3.63, 3.8) is 0 Å². The number of hydrogen-bond acceptors (Lipinski definition) is 1. The predicted molar refractivity (Wildman–Crippen MR) is 275 cm³/mol. The van der Waals surface area contributed by atoms with Gasteiger partial charge in [-0.25, -0.2) is 0 Å². The Hall–Kier alpha value is -7.00. The smallest absolute Gasteiger partial charge is 0.0541 e. The molecule has 1 aliphatic rings. The first-order valence-corrected chi connectivity index (χ1v) is 23.7. The molecule has 308 valence electrons. The molecule has 0 spiro atoms. The summed E-state index contributed by atoms with van der Waals surface area (Å²) < 4.78 is 5.12. The van der Waals surface area contributed by atoms with E-state index in [2.05, 4.69) is 226 Å². The molecule has 0 fully saturated rings. The van der Waals surface area contributed by atoms with Gasteiger partial charge in [0.25, 0.3) is 0 Å². The highest BCUT2D eigenvalue weighted by Crippen LogP contribution is 2.51. The van der Waals surface area contributed by atoms with Gasteiger partial charge >= 0.3 is 0 Å². The summed E-state index contributed by atoms with van der Waals surface area (Å²) in [6, 6.07) is 73.0. The lowest BCUT2D eigenvalue weighted by Crippen LogP contribution is -2.14. The first-order chi connectivity index (χ1) is 31.4. The second-order valence-corrected chi connectivity index (χ2v) is 19.4. The van der Waals surface area contributed by atoms with Gasteiger partial charge < -0.3 is 4.57 Å². The minimum Gasteiger partial charge on any atom is -0.309 e. The van der Waals surface area contributed by atoms with E-state index in [9.17, 15) is 0 Å². The fraction of sp³-hybridized carbons (Fsp3) is 0.129. The Morgan fingerprint density at radius 3 is 2.02 bits per heavy atom. The van der Waals surface area contributed by atoms with Crippen LogP contribution < -0.4 is 0 Å². The van der Waals surface area contributed by atoms with Gasteiger partial charge in [-0.1, -0.05) is 154 Å². The number of rotatable bonds is 8. The van der Waals surface area contributed by atoms with Gasteiger partial charge in [0, 0.05) is 42.0 Å². The van der Waals surface area contributed by atoms with Crippen LogP contribution in [0.15, 0.2) is 194 Å². The quantitative estimate of drug-likeness (QED) is 0.144. The largest absolute Gasteiger partial charge is 0.309 e. The maximum absolute atomic E-state index is 2.54. The molecule has 1 atom stereocenters. The number of para-hydroxylation sites is 2. The number of aromatic nitrogens is 1. The van der Waals surface area contributed by atoms with E-state index in [0.29, 0.717) is 5.92 Å². The van der Waals surface area contributed by atoms with Crippen molar-refractivity contribution >= 4 is 53.3 Å². The van der Waals surface area contributed by atoms with E-state index in [0.717, 1.165) is 12.8 Å². The van der Waals surface area contributed by atoms with Crippen molar-refractivity contribution in [1.29, 1.82) is 0 Å². The average molecular weight is 840 g/mol. The Kier molecular flexibility index (Phi) is 9.11. The Morgan fingerprint density at radius 1 is 0.484 bits per heavy atom. The van der Waals surface area contributed by atoms with Crippen molar-refractivity contribution in [1.82, 2.24) is 4.57 Å². The van der Waals surface area contributed by atoms with Gasteiger partial charge in [0.15, 0.2) is 0 Å². The average Bonchev–Trinajstić information content (AvgIpc) is 3.96. The van der Waals surface area contributed by atoms with E-state index in [1.54, 1.807) is 0 Å². The Labute approximate surface area is 379 Å². The van der Waals surface area contributed by atoms with Crippen LogP contribution in [0.2, 0.25) is 0 Å². The molecule has 2 heterocycles. The fourth-order valence-corrected chi connectivity index (χ4v) is 12.2. The van der Waals surface area contributed by atoms with Gasteiger partial charge in [0.2, 0.25) is 0 Å². The zero-order valence-electron chi connectivity index (χ0n) is 36.8. The van der Waals surface area contributed by atoms with Gasteiger partial charge in [-0.3, -0.25) is 0 Å². The number of benzene rings is 9. The topological polar surface area (TPSA) is 4.93 Å². The summed E-state index contributed by atoms with van der Waals surface area (Å²) in [5.74, 6) is 0.339. The lowest BCUT2D eigenvalue weighted by atomic mass is 9.81. The zero-order chi connectivity index (χ0) is 43.1. The minimum absolute atomic E-state index is 0.0561. The third-order valence-corrected chi connectivity index (χ3v) is 15.6. The Morgan fingerprint density at radius 2 is 1.16 bits per heavy atom. The summed E-state index contributed by atoms with van der Waals surface area (Å²) in [6.07, 6.45) is 2.00. The molecule has 1 unspecified atom stereocenters. The highest BCUT2D eigenvalue weighted by molar-refractivity contribution is 7.26. The summed E-state index contributed by atoms with van der Waals surface area (Å²) in [6.45, 7) is 9.41. The SMILES string of the molecule is CCC(Cc1ccccc1-c1cc(-c2ccc3c(c2)c2ccccc2n3-c2ccccc2)ccc1C)c1cc(-c2ccc3c(c2)C(C)(C)c2ccccc2-3)c2sc3ccccc3c2c1. The second-order valence-electron chi connectivity index (χ2n) is 18.4. The minimum atomic E-state index is -0.0561. The predicted octanol–water partition coefficient (Wildman–Crippen LogP) is 17.5. The standard InChI is InChI=1S/C62H49NS/c1-5-40(45-36-53(61-55(37-45)51-23-13-16-26-60(51)64-61)44-29-31-49-48-21-11-14-24-56(48)62(3,4)57(49)38-44)33-43-17-9-10-20-47(43)52-34-41(28-27-39(52)2)42-30-32-59-54(35-42)50-22-12-15-25-58(50)63(59)46-18-7-6-8-19-46/h6-32,34-38,40H,5,33H2,1-4H3. The van der Waals surface area contributed by atoms with Crippen LogP contribution in [0.4, 0.5) is 0 Å². The van der Waals surface area contributed by atoms with Crippen LogP contribution in [-0.2, 0) is 11.8 Å². The summed E-state index contributed by atoms with van der Waals surface area (Å²) in [5.41, 5.74) is 21.0. The van der Waals surface area contributed by atoms with Gasteiger partial charge in [0.1, 0.15) is 0 Å². The van der Waals surface area contributed by atoms with Crippen LogP contribution in [0.3, 0.4) is 0 Å². The Bertz CT molecular complexity index is 3620. The van der Waals surface area contributed by atoms with E-state index in [1.807, 2.05) is 11.3 Å². The number of aryl methyl sites for hydroxylation is 1. The lowest BCUT2D eigenvalue weighted by molar-refractivity contribution is 0.660. The van der Waals surface area contributed by atoms with E-state index in [1.165, 1.54) is 120 Å². The molecule has 0 saturated heterocycles. The molecule has 64 heavy (non-hydrogen) atoms. The van der Waals surface area contributed by atoms with E-state index in [4.69, 9.17) is 0 Å². The maximum Gasteiger partial charge on any atom is 0.0541 e. The molecule has 0 N–H and O–H groups in total. The van der Waals surface area contributed by atoms with Gasteiger partial charge in [-0.2, -0.15) is 0 Å². The first-order valence-electron chi connectivity index (χ1n) is 22.8. The molecule has 9 aromatic carbocycles. The van der Waals surface area contributed by atoms with Crippen molar-refractivity contribution in [3.05, 3.63) is 222 Å². The third kappa shape index (κ3) is 6.11. The van der Waals surface area contributed by atoms with E-state index in [-0.39, 0.29) is 5.41 Å². The lowest BCUT2D eigenvalue weighted by Gasteiger charge is -2.23. The zero-order valence-corrected chi connectivity index (χ0v) is 37.6. The van der Waals surface area contributed by atoms with Crippen LogP contribution in [0, 0.1) is 6.92 Å². The van der Waals surface area contributed by atoms with Crippen molar-refractivity contribution in [3.8, 4) is 50.2 Å². The maximum atomic E-state index is 2.54. The van der Waals surface area contributed by atoms with Crippen LogP contribution in [-0.4, -0.2) is 4.57 Å². The van der Waals surface area contributed by atoms with Crippen LogP contribution in [0.5, 0.6) is 0 Å². The molecule has 12 rings (SSSR count). The van der Waals surface area contributed by atoms with Gasteiger partial charge in [-0.15, -0.1) is 11.3 Å². The summed E-state index contributed by atoms with van der Waals surface area (Å²) in [7, 11) is 0. The number of hydrogen-bond donors (Lipinski definition) is 0. The molecule has 0 aliphatic heterocycles. The summed E-state index contributed by atoms with van der Waals surface area (Å²) >= 11 is 1.94. The molecule has 11 aromatic rings. The van der Waals surface area contributed by atoms with Crippen molar-refractivity contribution < 1.29 is 0 Å². The monoisotopic (exact) mass is 839 g/mol. The molecule has 1 nitrogen and oxygen atoms in total. The highest BCUT2D eigenvalue weighted by Gasteiger charge is 2.35. The van der Waals surface area contributed by atoms with Crippen LogP contribution in [0.1, 0.15) is 60.9 Å². The number of nitrogens with zero attached hydrogens (tertiary/aromatic N) is 1. The van der Waals surface area contributed by atoms with Gasteiger partial charge in [0.05, 0.1) is 11.0 Å². The molecule has 0 bridgehead atoms. The first kappa shape index (κ1) is 38.7. The number of thiophene rings is 1. The molecular formula is C62H49NS. The normalized spacial score (nSPS) is 13.5. The molecule has 0 saturated carbocycles. The number of fused-ring (bicyclic) bond motifs is 9. The van der Waals surface area contributed by atoms with Crippen LogP contribution in [0.25, 0.3) is 92.2 Å². The van der Waals surface area contributed by atoms with Crippen molar-refractivity contribution in [2.45, 2.75) is 51.9 Å². The van der Waals surface area contributed by atoms with Crippen LogP contribution >= 0.6 is 11.3 Å². The van der Waals surface area contributed by atoms with Crippen molar-refractivity contribution in [2.24, 2.45) is 0 Å². The molecule has 1 aliphatic carbocycles. The van der Waals surface area contributed by atoms with E-state index >= 15 is 0 Å². The van der Waals surface area contributed by atoms with Gasteiger partial charge in [-0.05, 0) is 159 Å². The Balaban J connectivity index is 0.942. The molecular weight excluding hydrogens is 791 g/mol. The molecule has 0 radical (unpaired) electrons. The fourth-order valence-electron chi connectivity index (χ4n) is 11.0. The van der Waals surface area contributed by atoms with Crippen molar-refractivity contribution in [2.75, 3.05) is 0 Å². The highest BCUT2D eigenvalue weighted by atomic mass is 32.1.